The van der Waals surface area contributed by atoms with Crippen molar-refractivity contribution in [2.75, 3.05) is 25.1 Å². The third-order valence-corrected chi connectivity index (χ3v) is 5.55. The molecule has 0 aliphatic heterocycles. The van der Waals surface area contributed by atoms with Crippen LogP contribution >= 0.6 is 0 Å². The van der Waals surface area contributed by atoms with Crippen molar-refractivity contribution in [3.8, 4) is 0 Å². The lowest BCUT2D eigenvalue weighted by atomic mass is 9.94. The van der Waals surface area contributed by atoms with Crippen LogP contribution in [-0.4, -0.2) is 42.8 Å². The Hall–Kier alpha value is -1.59. The van der Waals surface area contributed by atoms with Crippen molar-refractivity contribution < 1.29 is 14.3 Å². The van der Waals surface area contributed by atoms with E-state index in [2.05, 4.69) is 10.2 Å². The zero-order valence-corrected chi connectivity index (χ0v) is 17.5. The largest absolute Gasteiger partial charge is 0.376 e. The van der Waals surface area contributed by atoms with Crippen molar-refractivity contribution in [3.63, 3.8) is 0 Å². The first-order valence-electron chi connectivity index (χ1n) is 11.0. The molecule has 0 heterocycles. The number of nitrogens with zero attached hydrogens (tertiary/aromatic N) is 1. The summed E-state index contributed by atoms with van der Waals surface area (Å²) in [5.41, 5.74) is 1.91. The molecule has 5 nitrogen and oxygen atoms in total. The second-order valence-electron chi connectivity index (χ2n) is 8.49. The Balaban J connectivity index is 1.51. The van der Waals surface area contributed by atoms with Crippen LogP contribution in [0.5, 0.6) is 0 Å². The second kappa shape index (κ2) is 10.8. The summed E-state index contributed by atoms with van der Waals surface area (Å²) in [5.74, 6) is 0.709. The molecule has 1 aromatic carbocycles. The number of nitrogens with one attached hydrogen (secondary N) is 1. The van der Waals surface area contributed by atoms with E-state index in [1.165, 1.54) is 32.1 Å². The Bertz CT molecular complexity index is 610. The minimum atomic E-state index is 0.0576. The van der Waals surface area contributed by atoms with Crippen LogP contribution < -0.4 is 5.32 Å². The molecule has 0 radical (unpaired) electrons. The lowest BCUT2D eigenvalue weighted by molar-refractivity contribution is 0.0143. The molecule has 2 aliphatic rings. The lowest BCUT2D eigenvalue weighted by Crippen LogP contribution is -2.45. The average molecular weight is 389 g/mol. The average Bonchev–Trinajstić information content (AvgIpc) is 3.51. The molecule has 1 aromatic rings. The molecule has 0 atom stereocenters. The van der Waals surface area contributed by atoms with Gasteiger partial charge in [0.05, 0.1) is 25.9 Å². The summed E-state index contributed by atoms with van der Waals surface area (Å²) < 4.78 is 11.2. The standard InChI is InChI=1S/C23H36N2O3/c1-18(2)28-14-13-27-17-20-7-6-8-21(15-20)24-23(26)25(16-19-11-12-19)22-9-4-3-5-10-22/h6-8,15,18-19,22H,3-5,9-14,16-17H2,1-2H3,(H,24,26). The molecule has 0 bridgehead atoms. The first kappa shape index (κ1) is 21.1. The maximum Gasteiger partial charge on any atom is 0.322 e. The van der Waals surface area contributed by atoms with Gasteiger partial charge in [-0.2, -0.15) is 0 Å². The van der Waals surface area contributed by atoms with Gasteiger partial charge in [-0.05, 0) is 63.1 Å². The number of amides is 2. The highest BCUT2D eigenvalue weighted by Crippen LogP contribution is 2.33. The number of anilines is 1. The number of hydrogen-bond acceptors (Lipinski definition) is 3. The zero-order chi connectivity index (χ0) is 19.8. The van der Waals surface area contributed by atoms with Gasteiger partial charge in [0.25, 0.3) is 0 Å². The number of carbonyl (C=O) groups excluding carboxylic acids is 1. The Morgan fingerprint density at radius 3 is 2.64 bits per heavy atom. The van der Waals surface area contributed by atoms with Gasteiger partial charge >= 0.3 is 6.03 Å². The number of ether oxygens (including phenoxy) is 2. The molecule has 2 aliphatic carbocycles. The van der Waals surface area contributed by atoms with Gasteiger partial charge < -0.3 is 19.7 Å². The highest BCUT2D eigenvalue weighted by molar-refractivity contribution is 5.89. The maximum atomic E-state index is 13.0. The fourth-order valence-electron chi connectivity index (χ4n) is 3.84. The van der Waals surface area contributed by atoms with E-state index in [-0.39, 0.29) is 12.1 Å². The van der Waals surface area contributed by atoms with Crippen molar-refractivity contribution in [1.82, 2.24) is 4.90 Å². The van der Waals surface area contributed by atoms with Crippen LogP contribution in [0.1, 0.15) is 64.4 Å². The SMILES string of the molecule is CC(C)OCCOCc1cccc(NC(=O)N(CC2CC2)C2CCCCC2)c1. The van der Waals surface area contributed by atoms with Crippen LogP contribution in [0.4, 0.5) is 10.5 Å². The second-order valence-corrected chi connectivity index (χ2v) is 8.49. The molecule has 0 unspecified atom stereocenters. The first-order valence-corrected chi connectivity index (χ1v) is 11.0. The molecule has 0 aromatic heterocycles. The van der Waals surface area contributed by atoms with Crippen molar-refractivity contribution in [2.45, 2.75) is 77.5 Å². The fraction of sp³-hybridized carbons (Fsp3) is 0.696. The summed E-state index contributed by atoms with van der Waals surface area (Å²) in [6.07, 6.45) is 8.84. The van der Waals surface area contributed by atoms with Crippen LogP contribution in [0.2, 0.25) is 0 Å². The molecule has 3 rings (SSSR count). The van der Waals surface area contributed by atoms with Crippen LogP contribution in [-0.2, 0) is 16.1 Å². The van der Waals surface area contributed by atoms with Gasteiger partial charge in [0.1, 0.15) is 0 Å². The molecule has 2 fully saturated rings. The molecular weight excluding hydrogens is 352 g/mol. The molecule has 28 heavy (non-hydrogen) atoms. The van der Waals surface area contributed by atoms with Gasteiger partial charge in [0, 0.05) is 18.3 Å². The number of urea groups is 1. The Labute approximate surface area is 169 Å². The van der Waals surface area contributed by atoms with E-state index in [9.17, 15) is 4.79 Å². The molecule has 1 N–H and O–H groups in total. The Morgan fingerprint density at radius 2 is 1.93 bits per heavy atom. The first-order chi connectivity index (χ1) is 13.6. The minimum Gasteiger partial charge on any atom is -0.376 e. The molecule has 5 heteroatoms. The van der Waals surface area contributed by atoms with Crippen LogP contribution in [0, 0.1) is 5.92 Å². The van der Waals surface area contributed by atoms with Crippen molar-refractivity contribution >= 4 is 11.7 Å². The van der Waals surface area contributed by atoms with Gasteiger partial charge in [0.15, 0.2) is 0 Å². The summed E-state index contributed by atoms with van der Waals surface area (Å²) in [7, 11) is 0. The van der Waals surface area contributed by atoms with Gasteiger partial charge in [-0.15, -0.1) is 0 Å². The van der Waals surface area contributed by atoms with E-state index >= 15 is 0 Å². The molecular formula is C23H36N2O3. The maximum absolute atomic E-state index is 13.0. The smallest absolute Gasteiger partial charge is 0.322 e. The number of carbonyl (C=O) groups is 1. The topological polar surface area (TPSA) is 50.8 Å². The summed E-state index contributed by atoms with van der Waals surface area (Å²) in [6, 6.07) is 8.44. The van der Waals surface area contributed by atoms with E-state index in [4.69, 9.17) is 9.47 Å². The van der Waals surface area contributed by atoms with Crippen molar-refractivity contribution in [2.24, 2.45) is 5.92 Å². The normalized spacial score (nSPS) is 17.7. The zero-order valence-electron chi connectivity index (χ0n) is 17.5. The van der Waals surface area contributed by atoms with Crippen molar-refractivity contribution in [1.29, 1.82) is 0 Å². The molecule has 0 spiro atoms. The molecule has 0 saturated heterocycles. The van der Waals surface area contributed by atoms with Crippen molar-refractivity contribution in [3.05, 3.63) is 29.8 Å². The summed E-state index contributed by atoms with van der Waals surface area (Å²) in [5, 5.41) is 3.14. The van der Waals surface area contributed by atoms with E-state index in [0.717, 1.165) is 30.6 Å². The van der Waals surface area contributed by atoms with Crippen LogP contribution in [0.25, 0.3) is 0 Å². The summed E-state index contributed by atoms with van der Waals surface area (Å²) >= 11 is 0. The third kappa shape index (κ3) is 7.10. The molecule has 2 saturated carbocycles. The number of benzene rings is 1. The monoisotopic (exact) mass is 388 g/mol. The predicted molar refractivity (Wildman–Crippen MR) is 113 cm³/mol. The van der Waals surface area contributed by atoms with Gasteiger partial charge in [-0.3, -0.25) is 0 Å². The Kier molecular flexibility index (Phi) is 8.16. The van der Waals surface area contributed by atoms with Gasteiger partial charge in [0.2, 0.25) is 0 Å². The van der Waals surface area contributed by atoms with Crippen LogP contribution in [0.3, 0.4) is 0 Å². The minimum absolute atomic E-state index is 0.0576. The summed E-state index contributed by atoms with van der Waals surface area (Å²) in [6.45, 7) is 6.66. The van der Waals surface area contributed by atoms with Gasteiger partial charge in [-0.1, -0.05) is 31.4 Å². The van der Waals surface area contributed by atoms with Gasteiger partial charge in [-0.25, -0.2) is 4.79 Å². The van der Waals surface area contributed by atoms with Crippen LogP contribution in [0.15, 0.2) is 24.3 Å². The quantitative estimate of drug-likeness (QED) is 0.560. The van der Waals surface area contributed by atoms with E-state index in [1.807, 2.05) is 38.1 Å². The van der Waals surface area contributed by atoms with E-state index in [0.29, 0.717) is 31.8 Å². The summed E-state index contributed by atoms with van der Waals surface area (Å²) in [4.78, 5) is 15.1. The van der Waals surface area contributed by atoms with E-state index in [1.54, 1.807) is 0 Å². The highest BCUT2D eigenvalue weighted by atomic mass is 16.5. The Morgan fingerprint density at radius 1 is 1.14 bits per heavy atom. The predicted octanol–water partition coefficient (Wildman–Crippen LogP) is 5.20. The molecule has 156 valence electrons. The molecule has 2 amide bonds. The van der Waals surface area contributed by atoms with E-state index < -0.39 is 0 Å². The number of hydrogen-bond donors (Lipinski definition) is 1. The fourth-order valence-corrected chi connectivity index (χ4v) is 3.84. The third-order valence-electron chi connectivity index (χ3n) is 5.55. The lowest BCUT2D eigenvalue weighted by Gasteiger charge is -2.34. The highest BCUT2D eigenvalue weighted by Gasteiger charge is 2.31. The number of rotatable bonds is 10.